The molecule has 0 aliphatic carbocycles. The standard InChI is InChI=1S/C5H6Cl2/c1-2-3-5(7)4-6/h2,4H,1,3H2/b5-4+. The van der Waals surface area contributed by atoms with Gasteiger partial charge in [-0.25, -0.2) is 0 Å². The van der Waals surface area contributed by atoms with E-state index >= 15 is 0 Å². The second-order valence-corrected chi connectivity index (χ2v) is 1.75. The van der Waals surface area contributed by atoms with Gasteiger partial charge in [0.2, 0.25) is 0 Å². The Morgan fingerprint density at radius 2 is 2.29 bits per heavy atom. The summed E-state index contributed by atoms with van der Waals surface area (Å²) >= 11 is 10.6. The van der Waals surface area contributed by atoms with Crippen LogP contribution in [0.1, 0.15) is 6.42 Å². The number of hydrogen-bond donors (Lipinski definition) is 0. The molecule has 0 amide bonds. The van der Waals surface area contributed by atoms with Gasteiger partial charge in [0.15, 0.2) is 0 Å². The van der Waals surface area contributed by atoms with Crippen LogP contribution in [-0.4, -0.2) is 0 Å². The van der Waals surface area contributed by atoms with Crippen molar-refractivity contribution in [3.8, 4) is 0 Å². The van der Waals surface area contributed by atoms with Gasteiger partial charge in [-0.3, -0.25) is 0 Å². The quantitative estimate of drug-likeness (QED) is 0.513. The molecule has 0 atom stereocenters. The molecule has 0 rings (SSSR count). The van der Waals surface area contributed by atoms with Crippen LogP contribution >= 0.6 is 23.2 Å². The predicted octanol–water partition coefficient (Wildman–Crippen LogP) is 2.88. The molecule has 7 heavy (non-hydrogen) atoms. The van der Waals surface area contributed by atoms with E-state index in [1.807, 2.05) is 0 Å². The van der Waals surface area contributed by atoms with Gasteiger partial charge in [-0.15, -0.1) is 6.58 Å². The minimum atomic E-state index is 0.622. The summed E-state index contributed by atoms with van der Waals surface area (Å²) in [5.41, 5.74) is 1.34. The molecule has 0 nitrogen and oxygen atoms in total. The van der Waals surface area contributed by atoms with Gasteiger partial charge in [0, 0.05) is 17.0 Å². The van der Waals surface area contributed by atoms with Crippen LogP contribution < -0.4 is 0 Å². The predicted molar refractivity (Wildman–Crippen MR) is 34.6 cm³/mol. The Balaban J connectivity index is 3.36. The molecule has 0 heterocycles. The molecule has 0 bridgehead atoms. The monoisotopic (exact) mass is 136 g/mol. The molecular formula is C5H6Cl2. The number of hydrogen-bond acceptors (Lipinski definition) is 0. The molecule has 0 saturated carbocycles. The third kappa shape index (κ3) is 3.90. The molecule has 0 aliphatic heterocycles. The van der Waals surface area contributed by atoms with E-state index in [1.165, 1.54) is 5.54 Å². The molecule has 0 aromatic rings. The number of allylic oxidation sites excluding steroid dienone is 2. The maximum Gasteiger partial charge on any atom is 0.0331 e. The first kappa shape index (κ1) is 7.06. The first-order valence-corrected chi connectivity index (χ1v) is 2.68. The first-order valence-electron chi connectivity index (χ1n) is 1.87. The molecule has 0 radical (unpaired) electrons. The zero-order chi connectivity index (χ0) is 5.70. The summed E-state index contributed by atoms with van der Waals surface area (Å²) in [6.45, 7) is 3.46. The number of halogens is 2. The van der Waals surface area contributed by atoms with E-state index in [1.54, 1.807) is 6.08 Å². The zero-order valence-electron chi connectivity index (χ0n) is 3.82. The summed E-state index contributed by atoms with van der Waals surface area (Å²) in [6, 6.07) is 0. The fourth-order valence-electron chi connectivity index (χ4n) is 0.182. The van der Waals surface area contributed by atoms with Crippen molar-refractivity contribution in [3.63, 3.8) is 0 Å². The highest BCUT2D eigenvalue weighted by Gasteiger charge is 1.81. The second-order valence-electron chi connectivity index (χ2n) is 1.05. The van der Waals surface area contributed by atoms with Crippen molar-refractivity contribution in [2.45, 2.75) is 6.42 Å². The molecule has 40 valence electrons. The largest absolute Gasteiger partial charge is 0.103 e. The SMILES string of the molecule is C=CC/C(Cl)=C\Cl. The Labute approximate surface area is 53.4 Å². The lowest BCUT2D eigenvalue weighted by Gasteiger charge is -1.82. The second kappa shape index (κ2) is 4.23. The summed E-state index contributed by atoms with van der Waals surface area (Å²) in [5, 5.41) is 0.622. The summed E-state index contributed by atoms with van der Waals surface area (Å²) in [7, 11) is 0. The van der Waals surface area contributed by atoms with Crippen molar-refractivity contribution in [1.82, 2.24) is 0 Å². The van der Waals surface area contributed by atoms with Crippen LogP contribution in [0.4, 0.5) is 0 Å². The average Bonchev–Trinajstić information content (AvgIpc) is 1.68. The normalized spacial score (nSPS) is 11.4. The van der Waals surface area contributed by atoms with Crippen molar-refractivity contribution in [2.24, 2.45) is 0 Å². The van der Waals surface area contributed by atoms with Gasteiger partial charge in [-0.2, -0.15) is 0 Å². The summed E-state index contributed by atoms with van der Waals surface area (Å²) in [6.07, 6.45) is 2.35. The van der Waals surface area contributed by atoms with E-state index in [9.17, 15) is 0 Å². The minimum absolute atomic E-state index is 0.622. The summed E-state index contributed by atoms with van der Waals surface area (Å²) < 4.78 is 0. The Bertz CT molecular complexity index is 84.1. The van der Waals surface area contributed by atoms with Crippen LogP contribution in [0.5, 0.6) is 0 Å². The van der Waals surface area contributed by atoms with Crippen LogP contribution in [-0.2, 0) is 0 Å². The highest BCUT2D eigenvalue weighted by Crippen LogP contribution is 2.07. The van der Waals surface area contributed by atoms with E-state index in [2.05, 4.69) is 6.58 Å². The Morgan fingerprint density at radius 3 is 2.43 bits per heavy atom. The fourth-order valence-corrected chi connectivity index (χ4v) is 0.381. The van der Waals surface area contributed by atoms with Gasteiger partial charge in [0.05, 0.1) is 0 Å². The third-order valence-corrected chi connectivity index (χ3v) is 1.10. The Kier molecular flexibility index (Phi) is 4.26. The lowest BCUT2D eigenvalue weighted by Crippen LogP contribution is -1.60. The number of rotatable bonds is 2. The van der Waals surface area contributed by atoms with Crippen LogP contribution in [0.25, 0.3) is 0 Å². The molecule has 2 heteroatoms. The molecule has 0 aliphatic rings. The van der Waals surface area contributed by atoms with Gasteiger partial charge in [0.1, 0.15) is 0 Å². The molecular weight excluding hydrogens is 131 g/mol. The average molecular weight is 137 g/mol. The molecule has 0 saturated heterocycles. The Morgan fingerprint density at radius 1 is 1.71 bits per heavy atom. The van der Waals surface area contributed by atoms with Gasteiger partial charge in [-0.05, 0) is 0 Å². The van der Waals surface area contributed by atoms with E-state index in [-0.39, 0.29) is 0 Å². The van der Waals surface area contributed by atoms with Crippen molar-refractivity contribution < 1.29 is 0 Å². The summed E-state index contributed by atoms with van der Waals surface area (Å²) in [4.78, 5) is 0. The van der Waals surface area contributed by atoms with Crippen molar-refractivity contribution in [2.75, 3.05) is 0 Å². The van der Waals surface area contributed by atoms with Crippen LogP contribution in [0.15, 0.2) is 23.2 Å². The van der Waals surface area contributed by atoms with Crippen LogP contribution in [0, 0.1) is 0 Å². The van der Waals surface area contributed by atoms with E-state index in [0.717, 1.165) is 0 Å². The van der Waals surface area contributed by atoms with Gasteiger partial charge in [-0.1, -0.05) is 29.3 Å². The van der Waals surface area contributed by atoms with Gasteiger partial charge >= 0.3 is 0 Å². The lowest BCUT2D eigenvalue weighted by molar-refractivity contribution is 1.37. The molecule has 0 aromatic carbocycles. The van der Waals surface area contributed by atoms with Crippen LogP contribution in [0.3, 0.4) is 0 Å². The smallest absolute Gasteiger partial charge is 0.0331 e. The molecule has 0 fully saturated rings. The summed E-state index contributed by atoms with van der Waals surface area (Å²) in [5.74, 6) is 0. The third-order valence-electron chi connectivity index (χ3n) is 0.458. The fraction of sp³-hybridized carbons (Fsp3) is 0.200. The van der Waals surface area contributed by atoms with Crippen molar-refractivity contribution >= 4 is 23.2 Å². The highest BCUT2D eigenvalue weighted by atomic mass is 35.5. The van der Waals surface area contributed by atoms with E-state index < -0.39 is 0 Å². The first-order chi connectivity index (χ1) is 3.31. The van der Waals surface area contributed by atoms with E-state index in [0.29, 0.717) is 11.5 Å². The zero-order valence-corrected chi connectivity index (χ0v) is 5.34. The highest BCUT2D eigenvalue weighted by molar-refractivity contribution is 6.36. The molecule has 0 N–H and O–H groups in total. The van der Waals surface area contributed by atoms with Gasteiger partial charge < -0.3 is 0 Å². The van der Waals surface area contributed by atoms with Gasteiger partial charge in [0.25, 0.3) is 0 Å². The van der Waals surface area contributed by atoms with Crippen molar-refractivity contribution in [1.29, 1.82) is 0 Å². The van der Waals surface area contributed by atoms with Crippen molar-refractivity contribution in [3.05, 3.63) is 23.2 Å². The Hall–Kier alpha value is 0.0600. The minimum Gasteiger partial charge on any atom is -0.103 e. The molecule has 0 spiro atoms. The maximum atomic E-state index is 5.42. The van der Waals surface area contributed by atoms with Crippen LogP contribution in [0.2, 0.25) is 0 Å². The maximum absolute atomic E-state index is 5.42. The topological polar surface area (TPSA) is 0 Å². The molecule has 0 aromatic heterocycles. The lowest BCUT2D eigenvalue weighted by atomic mass is 10.4. The van der Waals surface area contributed by atoms with E-state index in [4.69, 9.17) is 23.2 Å². The molecule has 0 unspecified atom stereocenters.